The summed E-state index contributed by atoms with van der Waals surface area (Å²) < 4.78 is 41.1. The first-order chi connectivity index (χ1) is 11.8. The van der Waals surface area contributed by atoms with Crippen LogP contribution in [0.3, 0.4) is 0 Å². The number of thiophene rings is 1. The van der Waals surface area contributed by atoms with Crippen LogP contribution in [0.4, 0.5) is 4.39 Å². The van der Waals surface area contributed by atoms with Gasteiger partial charge in [0.2, 0.25) is 5.91 Å². The molecule has 134 valence electrons. The summed E-state index contributed by atoms with van der Waals surface area (Å²) in [6.07, 6.45) is 1.50. The van der Waals surface area contributed by atoms with Crippen molar-refractivity contribution in [1.29, 1.82) is 0 Å². The molecule has 0 aliphatic heterocycles. The minimum atomic E-state index is -3.73. The van der Waals surface area contributed by atoms with Gasteiger partial charge < -0.3 is 4.90 Å². The largest absolute Gasteiger partial charge is 0.333 e. The highest BCUT2D eigenvalue weighted by atomic mass is 79.9. The van der Waals surface area contributed by atoms with E-state index in [4.69, 9.17) is 0 Å². The highest BCUT2D eigenvalue weighted by Gasteiger charge is 2.20. The lowest BCUT2D eigenvalue weighted by Gasteiger charge is -2.22. The Morgan fingerprint density at radius 3 is 2.80 bits per heavy atom. The molecule has 0 saturated carbocycles. The zero-order valence-corrected chi connectivity index (χ0v) is 16.3. The van der Waals surface area contributed by atoms with E-state index in [1.165, 1.54) is 23.1 Å². The Hall–Kier alpha value is -1.55. The van der Waals surface area contributed by atoms with E-state index in [1.54, 1.807) is 23.6 Å². The van der Waals surface area contributed by atoms with Gasteiger partial charge in [0.25, 0.3) is 10.0 Å². The molecule has 0 radical (unpaired) electrons. The van der Waals surface area contributed by atoms with Gasteiger partial charge in [-0.15, -0.1) is 17.9 Å². The summed E-state index contributed by atoms with van der Waals surface area (Å²) >= 11 is 4.32. The van der Waals surface area contributed by atoms with Gasteiger partial charge in [-0.1, -0.05) is 28.1 Å². The summed E-state index contributed by atoms with van der Waals surface area (Å²) in [5.41, 5.74) is 0.325. The monoisotopic (exact) mass is 446 g/mol. The molecule has 9 heteroatoms. The first kappa shape index (κ1) is 19.8. The lowest BCUT2D eigenvalue weighted by Crippen LogP contribution is -2.39. The van der Waals surface area contributed by atoms with Crippen molar-refractivity contribution in [2.75, 3.05) is 13.1 Å². The summed E-state index contributed by atoms with van der Waals surface area (Å²) in [6, 6.07) is 7.51. The molecule has 5 nitrogen and oxygen atoms in total. The van der Waals surface area contributed by atoms with Crippen LogP contribution in [0.1, 0.15) is 5.56 Å². The minimum absolute atomic E-state index is 0.0108. The maximum Gasteiger partial charge on any atom is 0.250 e. The van der Waals surface area contributed by atoms with Gasteiger partial charge >= 0.3 is 0 Å². The summed E-state index contributed by atoms with van der Waals surface area (Å²) in [4.78, 5) is 13.7. The van der Waals surface area contributed by atoms with Crippen molar-refractivity contribution < 1.29 is 17.6 Å². The van der Waals surface area contributed by atoms with Crippen LogP contribution in [0.5, 0.6) is 0 Å². The maximum absolute atomic E-state index is 13.9. The Morgan fingerprint density at radius 2 is 2.16 bits per heavy atom. The number of hydrogen-bond donors (Lipinski definition) is 1. The summed E-state index contributed by atoms with van der Waals surface area (Å²) in [7, 11) is -3.73. The van der Waals surface area contributed by atoms with Crippen molar-refractivity contribution in [3.05, 3.63) is 64.2 Å². The number of carbonyl (C=O) groups excluding carboxylic acids is 1. The Morgan fingerprint density at radius 1 is 1.40 bits per heavy atom. The molecule has 2 aromatic rings. The van der Waals surface area contributed by atoms with Crippen LogP contribution in [0.25, 0.3) is 0 Å². The quantitative estimate of drug-likeness (QED) is 0.633. The number of carbonyl (C=O) groups is 1. The van der Waals surface area contributed by atoms with Crippen molar-refractivity contribution in [3.63, 3.8) is 0 Å². The molecule has 0 unspecified atom stereocenters. The average Bonchev–Trinajstić information content (AvgIpc) is 3.11. The molecule has 25 heavy (non-hydrogen) atoms. The van der Waals surface area contributed by atoms with E-state index in [0.717, 1.165) is 11.3 Å². The molecule has 2 rings (SSSR count). The maximum atomic E-state index is 13.9. The summed E-state index contributed by atoms with van der Waals surface area (Å²) in [6.45, 7) is 3.35. The van der Waals surface area contributed by atoms with Gasteiger partial charge in [-0.2, -0.15) is 0 Å². The molecule has 1 heterocycles. The molecule has 0 bridgehead atoms. The predicted molar refractivity (Wildman–Crippen MR) is 99.2 cm³/mol. The molecule has 1 amide bonds. The Kier molecular flexibility index (Phi) is 6.88. The van der Waals surface area contributed by atoms with Gasteiger partial charge in [-0.3, -0.25) is 4.79 Å². The smallest absolute Gasteiger partial charge is 0.250 e. The molecule has 1 aromatic heterocycles. The second kappa shape index (κ2) is 8.70. The lowest BCUT2D eigenvalue weighted by atomic mass is 10.2. The number of nitrogens with one attached hydrogen (secondary N) is 1. The number of benzene rings is 1. The Labute approximate surface area is 158 Å². The molecule has 1 N–H and O–H groups in total. The predicted octanol–water partition coefficient (Wildman–Crippen LogP) is 3.14. The number of nitrogens with zero attached hydrogens (tertiary/aromatic N) is 1. The van der Waals surface area contributed by atoms with Crippen molar-refractivity contribution in [2.24, 2.45) is 0 Å². The SMILES string of the molecule is C=CCN(Cc1cc(Br)ccc1F)C(=O)CNS(=O)(=O)c1cccs1. The van der Waals surface area contributed by atoms with Crippen molar-refractivity contribution in [1.82, 2.24) is 9.62 Å². The van der Waals surface area contributed by atoms with Crippen molar-refractivity contribution >= 4 is 43.2 Å². The molecule has 0 atom stereocenters. The third-order valence-corrected chi connectivity index (χ3v) is 6.54. The van der Waals surface area contributed by atoms with Crippen LogP contribution in [-0.2, 0) is 21.4 Å². The molecule has 0 fully saturated rings. The molecular weight excluding hydrogens is 431 g/mol. The molecule has 0 aliphatic rings. The normalized spacial score (nSPS) is 11.3. The zero-order chi connectivity index (χ0) is 18.4. The zero-order valence-electron chi connectivity index (χ0n) is 13.1. The standard InChI is InChI=1S/C16H16BrFN2O3S2/c1-2-7-20(11-12-9-13(17)5-6-14(12)18)15(21)10-19-25(22,23)16-4-3-8-24-16/h2-6,8-9,19H,1,7,10-11H2. The third kappa shape index (κ3) is 5.46. The van der Waals surface area contributed by atoms with Crippen LogP contribution in [0.15, 0.2) is 57.0 Å². The minimum Gasteiger partial charge on any atom is -0.333 e. The van der Waals surface area contributed by atoms with Gasteiger partial charge in [0.15, 0.2) is 0 Å². The fourth-order valence-corrected chi connectivity index (χ4v) is 4.46. The lowest BCUT2D eigenvalue weighted by molar-refractivity contribution is -0.130. The van der Waals surface area contributed by atoms with E-state index < -0.39 is 28.3 Å². The van der Waals surface area contributed by atoms with Gasteiger partial charge in [-0.05, 0) is 29.6 Å². The molecule has 0 spiro atoms. The fourth-order valence-electron chi connectivity index (χ4n) is 2.04. The van der Waals surface area contributed by atoms with Gasteiger partial charge in [0.1, 0.15) is 10.0 Å². The van der Waals surface area contributed by atoms with E-state index in [9.17, 15) is 17.6 Å². The topological polar surface area (TPSA) is 66.5 Å². The summed E-state index contributed by atoms with van der Waals surface area (Å²) in [5.74, 6) is -0.913. The number of amides is 1. The van der Waals surface area contributed by atoms with Gasteiger partial charge in [-0.25, -0.2) is 17.5 Å². The number of rotatable bonds is 8. The Balaban J connectivity index is 2.07. The van der Waals surface area contributed by atoms with Crippen molar-refractivity contribution in [2.45, 2.75) is 10.8 Å². The molecular formula is C16H16BrFN2O3S2. The van der Waals surface area contributed by atoms with Crippen LogP contribution < -0.4 is 4.72 Å². The fraction of sp³-hybridized carbons (Fsp3) is 0.188. The average molecular weight is 447 g/mol. The first-order valence-corrected chi connectivity index (χ1v) is 10.3. The van der Waals surface area contributed by atoms with E-state index in [2.05, 4.69) is 27.2 Å². The summed E-state index contributed by atoms with van der Waals surface area (Å²) in [5, 5.41) is 1.64. The molecule has 0 saturated heterocycles. The Bertz CT molecular complexity index is 854. The van der Waals surface area contributed by atoms with Crippen LogP contribution in [-0.4, -0.2) is 32.3 Å². The van der Waals surface area contributed by atoms with Gasteiger partial charge in [0, 0.05) is 23.1 Å². The number of hydrogen-bond acceptors (Lipinski definition) is 4. The van der Waals surface area contributed by atoms with Crippen LogP contribution in [0, 0.1) is 5.82 Å². The highest BCUT2D eigenvalue weighted by molar-refractivity contribution is 9.10. The van der Waals surface area contributed by atoms with E-state index in [1.807, 2.05) is 0 Å². The highest BCUT2D eigenvalue weighted by Crippen LogP contribution is 2.18. The van der Waals surface area contributed by atoms with E-state index in [-0.39, 0.29) is 17.3 Å². The van der Waals surface area contributed by atoms with Gasteiger partial charge in [0.05, 0.1) is 6.54 Å². The molecule has 0 aliphatic carbocycles. The second-order valence-corrected chi connectivity index (χ2v) is 8.91. The number of sulfonamides is 1. The third-order valence-electron chi connectivity index (χ3n) is 3.24. The first-order valence-electron chi connectivity index (χ1n) is 7.19. The molecule has 1 aromatic carbocycles. The van der Waals surface area contributed by atoms with Crippen molar-refractivity contribution in [3.8, 4) is 0 Å². The second-order valence-electron chi connectivity index (χ2n) is 5.06. The number of halogens is 2. The van der Waals surface area contributed by atoms with E-state index >= 15 is 0 Å². The van der Waals surface area contributed by atoms with Crippen LogP contribution >= 0.6 is 27.3 Å². The van der Waals surface area contributed by atoms with Crippen LogP contribution in [0.2, 0.25) is 0 Å². The van der Waals surface area contributed by atoms with E-state index in [0.29, 0.717) is 10.0 Å².